The van der Waals surface area contributed by atoms with E-state index in [1.807, 2.05) is 142 Å². The van der Waals surface area contributed by atoms with Crippen molar-refractivity contribution < 1.29 is 23.2 Å². The van der Waals surface area contributed by atoms with Gasteiger partial charge in [-0.3, -0.25) is 14.4 Å². The van der Waals surface area contributed by atoms with E-state index in [9.17, 15) is 23.2 Å². The number of nitrogens with zero attached hydrogens (tertiary/aromatic N) is 6. The van der Waals surface area contributed by atoms with Crippen LogP contribution in [0.5, 0.6) is 0 Å². The van der Waals surface area contributed by atoms with Crippen molar-refractivity contribution in [2.75, 3.05) is 87.7 Å². The average molecular weight is 1250 g/mol. The largest absolute Gasteiger partial charge is 0.399 e. The van der Waals surface area contributed by atoms with E-state index in [-0.39, 0.29) is 17.4 Å². The topological polar surface area (TPSA) is 162 Å². The lowest BCUT2D eigenvalue weighted by molar-refractivity contribution is 0.101. The number of nitrogen functional groups attached to an aromatic ring is 1. The molecule has 0 saturated carbocycles. The van der Waals surface area contributed by atoms with Crippen molar-refractivity contribution in [2.24, 2.45) is 0 Å². The van der Waals surface area contributed by atoms with Crippen molar-refractivity contribution >= 4 is 99.3 Å². The number of hydrogen-bond donors (Lipinski definition) is 4. The molecule has 0 radical (unpaired) electrons. The SMILES string of the molecule is CC.CC.CC.CC.CC.CN1CCN(c2ccc(C(=O)Nc3ccc(Br)cc3)cn2)CC1.CN1CCNCC1.Nc1ccc(Br)cc1.O=C(Cl)c1ccc(F)nc1.O=C(Nc1ccc(Br)cc1)c1ccc(F)nc1. The fourth-order valence-electron chi connectivity index (χ4n) is 5.46. The molecular weight excluding hydrogens is 1170 g/mol. The van der Waals surface area contributed by atoms with Gasteiger partial charge in [-0.15, -0.1) is 0 Å². The van der Waals surface area contributed by atoms with Crippen LogP contribution in [0.2, 0.25) is 0 Å². The molecular formula is C56H78Br3ClF2N10O3. The zero-order chi connectivity index (χ0) is 57.1. The lowest BCUT2D eigenvalue weighted by Gasteiger charge is -2.33. The number of aromatic nitrogens is 3. The van der Waals surface area contributed by atoms with E-state index in [0.29, 0.717) is 16.8 Å². The Kier molecular flexibility index (Phi) is 43.1. The first kappa shape index (κ1) is 71.9. The van der Waals surface area contributed by atoms with Crippen LogP contribution in [-0.4, -0.2) is 108 Å². The van der Waals surface area contributed by atoms with Crippen LogP contribution < -0.4 is 26.6 Å². The highest BCUT2D eigenvalue weighted by molar-refractivity contribution is 9.11. The van der Waals surface area contributed by atoms with E-state index < -0.39 is 17.1 Å². The van der Waals surface area contributed by atoms with Gasteiger partial charge in [0.1, 0.15) is 5.82 Å². The van der Waals surface area contributed by atoms with Crippen molar-refractivity contribution in [2.45, 2.75) is 69.2 Å². The Morgan fingerprint density at radius 3 is 1.16 bits per heavy atom. The Hall–Kier alpha value is -5.21. The molecule has 19 heteroatoms. The highest BCUT2D eigenvalue weighted by Gasteiger charge is 2.16. The highest BCUT2D eigenvalue weighted by Crippen LogP contribution is 2.18. The van der Waals surface area contributed by atoms with E-state index in [2.05, 4.69) is 107 Å². The number of likely N-dealkylation sites (N-methyl/N-ethyl adjacent to an activating group) is 2. The molecule has 0 unspecified atom stereocenters. The van der Waals surface area contributed by atoms with Crippen LogP contribution >= 0.6 is 59.4 Å². The quantitative estimate of drug-likeness (QED) is 0.0714. The average Bonchev–Trinajstić information content (AvgIpc) is 3.45. The number of anilines is 4. The van der Waals surface area contributed by atoms with Gasteiger partial charge in [0.25, 0.3) is 17.1 Å². The number of rotatable bonds is 6. The first-order chi connectivity index (χ1) is 36.1. The molecule has 6 aromatic rings. The lowest BCUT2D eigenvalue weighted by Crippen LogP contribution is -2.44. The summed E-state index contributed by atoms with van der Waals surface area (Å²) < 4.78 is 27.6. The number of halogens is 6. The van der Waals surface area contributed by atoms with Crippen LogP contribution in [0.4, 0.5) is 31.7 Å². The third-order valence-corrected chi connectivity index (χ3v) is 11.0. The molecule has 75 heavy (non-hydrogen) atoms. The number of amides is 2. The molecule has 13 nitrogen and oxygen atoms in total. The number of hydrogen-bond acceptors (Lipinski definition) is 11. The second kappa shape index (κ2) is 45.0. The zero-order valence-electron chi connectivity index (χ0n) is 45.5. The van der Waals surface area contributed by atoms with Gasteiger partial charge in [-0.2, -0.15) is 8.78 Å². The molecule has 412 valence electrons. The molecule has 0 bridgehead atoms. The first-order valence-corrected chi connectivity index (χ1v) is 27.8. The van der Waals surface area contributed by atoms with Crippen molar-refractivity contribution in [1.82, 2.24) is 30.1 Å². The van der Waals surface area contributed by atoms with Crippen LogP contribution in [0.3, 0.4) is 0 Å². The lowest BCUT2D eigenvalue weighted by atomic mass is 10.2. The third kappa shape index (κ3) is 32.8. The molecule has 2 fully saturated rings. The smallest absolute Gasteiger partial charge is 0.257 e. The molecule has 0 spiro atoms. The van der Waals surface area contributed by atoms with E-state index in [1.54, 1.807) is 18.3 Å². The number of nitrogens with one attached hydrogen (secondary N) is 3. The Bertz CT molecular complexity index is 2340. The second-order valence-corrected chi connectivity index (χ2v) is 17.3. The van der Waals surface area contributed by atoms with Crippen LogP contribution in [0.25, 0.3) is 0 Å². The Labute approximate surface area is 476 Å². The first-order valence-electron chi connectivity index (χ1n) is 25.0. The number of benzene rings is 3. The second-order valence-electron chi connectivity index (χ2n) is 14.2. The predicted octanol–water partition coefficient (Wildman–Crippen LogP) is 14.4. The van der Waals surface area contributed by atoms with Crippen molar-refractivity contribution in [3.8, 4) is 0 Å². The Morgan fingerprint density at radius 1 is 0.507 bits per heavy atom. The molecule has 3 aromatic heterocycles. The van der Waals surface area contributed by atoms with Gasteiger partial charge in [-0.05, 0) is 135 Å². The predicted molar refractivity (Wildman–Crippen MR) is 322 cm³/mol. The summed E-state index contributed by atoms with van der Waals surface area (Å²) in [4.78, 5) is 52.3. The normalized spacial score (nSPS) is 12.0. The fraction of sp³-hybridized carbons (Fsp3) is 0.357. The van der Waals surface area contributed by atoms with Crippen LogP contribution in [-0.2, 0) is 0 Å². The van der Waals surface area contributed by atoms with E-state index in [4.69, 9.17) is 17.3 Å². The van der Waals surface area contributed by atoms with E-state index >= 15 is 0 Å². The molecule has 5 heterocycles. The van der Waals surface area contributed by atoms with Gasteiger partial charge in [0.2, 0.25) is 11.9 Å². The zero-order valence-corrected chi connectivity index (χ0v) is 51.0. The summed E-state index contributed by atoms with van der Waals surface area (Å²) in [7, 11) is 4.28. The van der Waals surface area contributed by atoms with Gasteiger partial charge in [0.15, 0.2) is 0 Å². The molecule has 2 aliphatic heterocycles. The number of nitrogens with two attached hydrogens (primary N) is 1. The summed E-state index contributed by atoms with van der Waals surface area (Å²) in [6.45, 7) is 28.7. The van der Waals surface area contributed by atoms with E-state index in [1.165, 1.54) is 31.4 Å². The molecule has 2 amide bonds. The van der Waals surface area contributed by atoms with Crippen LogP contribution in [0, 0.1) is 11.9 Å². The van der Waals surface area contributed by atoms with Gasteiger partial charge < -0.3 is 36.4 Å². The molecule has 0 aliphatic carbocycles. The number of piperazine rings is 2. The van der Waals surface area contributed by atoms with Crippen molar-refractivity contribution in [1.29, 1.82) is 0 Å². The minimum atomic E-state index is -0.632. The standard InChI is InChI=1S/C17H19BrN4O.C12H8BrFN2O.C6H6BrN.C6H3ClFNO.C5H12N2.5C2H6/c1-21-8-10-22(11-9-21)16-7-2-13(12-19-16)17(23)20-15-5-3-14(18)4-6-15;13-9-2-4-10(5-3-9)16-12(17)8-1-6-11(14)15-7-8;7-5-1-3-6(8)4-2-5;7-6(10)4-1-2-5(8)9-3-4;1-7-4-2-6-3-5-7;5*1-2/h2-7,12H,8-11H2,1H3,(H,20,23);1-7H,(H,16,17);1-4H,8H2;1-3H;6H,2-5H2,1H3;5*1-2H3. The van der Waals surface area contributed by atoms with Gasteiger partial charge in [-0.1, -0.05) is 117 Å². The molecule has 2 saturated heterocycles. The maximum absolute atomic E-state index is 12.6. The summed E-state index contributed by atoms with van der Waals surface area (Å²) in [6.07, 6.45) is 3.93. The summed E-state index contributed by atoms with van der Waals surface area (Å²) >= 11 is 15.0. The van der Waals surface area contributed by atoms with Crippen LogP contribution in [0.1, 0.15) is 100 Å². The summed E-state index contributed by atoms with van der Waals surface area (Å²) in [5, 5.41) is 8.19. The minimum Gasteiger partial charge on any atom is -0.399 e. The minimum absolute atomic E-state index is 0.148. The molecule has 2 aliphatic rings. The van der Waals surface area contributed by atoms with Gasteiger partial charge in [0.05, 0.1) is 16.7 Å². The van der Waals surface area contributed by atoms with Crippen molar-refractivity contribution in [3.63, 3.8) is 0 Å². The highest BCUT2D eigenvalue weighted by atomic mass is 79.9. The Balaban J connectivity index is 0. The monoisotopic (exact) mass is 1250 g/mol. The summed E-state index contributed by atoms with van der Waals surface area (Å²) in [6, 6.07) is 30.8. The van der Waals surface area contributed by atoms with Gasteiger partial charge in [-0.25, -0.2) is 15.0 Å². The van der Waals surface area contributed by atoms with E-state index in [0.717, 1.165) is 88.2 Å². The maximum atomic E-state index is 12.6. The molecule has 5 N–H and O–H groups in total. The number of pyridine rings is 3. The molecule has 3 aromatic carbocycles. The van der Waals surface area contributed by atoms with Gasteiger partial charge >= 0.3 is 0 Å². The summed E-state index contributed by atoms with van der Waals surface area (Å²) in [5.74, 6) is -0.769. The van der Waals surface area contributed by atoms with Crippen LogP contribution in [0.15, 0.2) is 141 Å². The third-order valence-electron chi connectivity index (χ3n) is 9.20. The van der Waals surface area contributed by atoms with Crippen molar-refractivity contribution in [3.05, 3.63) is 170 Å². The van der Waals surface area contributed by atoms with Gasteiger partial charge in [0, 0.05) is 101 Å². The Morgan fingerprint density at radius 2 is 0.853 bits per heavy atom. The maximum Gasteiger partial charge on any atom is 0.257 e. The number of carbonyl (C=O) groups is 3. The fourth-order valence-corrected chi connectivity index (χ4v) is 6.36. The summed E-state index contributed by atoms with van der Waals surface area (Å²) in [5.41, 5.74) is 8.71. The number of carbonyl (C=O) groups excluding carboxylic acids is 3. The molecule has 8 rings (SSSR count). The molecule has 0 atom stereocenters.